The summed E-state index contributed by atoms with van der Waals surface area (Å²) in [4.78, 5) is 22.0. The molecule has 0 aliphatic rings. The number of carboxylic acids is 1. The van der Waals surface area contributed by atoms with Crippen LogP contribution in [-0.2, 0) is 9.59 Å². The van der Waals surface area contributed by atoms with Crippen LogP contribution in [0.25, 0.3) is 0 Å². The molecule has 0 aromatic heterocycles. The highest BCUT2D eigenvalue weighted by atomic mass is 16.5. The largest absolute Gasteiger partial charge is 0.504 e. The van der Waals surface area contributed by atoms with E-state index >= 15 is 0 Å². The molecule has 4 N–H and O–H groups in total. The SMILES string of the molecule is COc1cc(C(NCCCNC(C)=O)C(=O)O)ccc1O. The Bertz CT molecular complexity index is 504. The minimum Gasteiger partial charge on any atom is -0.504 e. The van der Waals surface area contributed by atoms with Gasteiger partial charge in [-0.05, 0) is 30.7 Å². The Balaban J connectivity index is 2.65. The van der Waals surface area contributed by atoms with Crippen molar-refractivity contribution in [3.63, 3.8) is 0 Å². The van der Waals surface area contributed by atoms with Crippen molar-refractivity contribution >= 4 is 11.9 Å². The van der Waals surface area contributed by atoms with Crippen molar-refractivity contribution in [2.45, 2.75) is 19.4 Å². The van der Waals surface area contributed by atoms with Crippen molar-refractivity contribution < 1.29 is 24.5 Å². The second-order valence-electron chi connectivity index (χ2n) is 4.49. The van der Waals surface area contributed by atoms with E-state index in [1.807, 2.05) is 0 Å². The molecule has 7 heteroatoms. The van der Waals surface area contributed by atoms with Gasteiger partial charge in [0.2, 0.25) is 5.91 Å². The molecule has 21 heavy (non-hydrogen) atoms. The molecule has 0 aliphatic carbocycles. The van der Waals surface area contributed by atoms with E-state index in [-0.39, 0.29) is 17.4 Å². The number of benzene rings is 1. The normalized spacial score (nSPS) is 11.7. The van der Waals surface area contributed by atoms with Crippen LogP contribution in [0.3, 0.4) is 0 Å². The fourth-order valence-electron chi connectivity index (χ4n) is 1.82. The molecule has 7 nitrogen and oxygen atoms in total. The molecule has 1 amide bonds. The summed E-state index contributed by atoms with van der Waals surface area (Å²) in [6.07, 6.45) is 0.610. The lowest BCUT2D eigenvalue weighted by molar-refractivity contribution is -0.139. The number of nitrogens with one attached hydrogen (secondary N) is 2. The highest BCUT2D eigenvalue weighted by Crippen LogP contribution is 2.29. The minimum atomic E-state index is -1.03. The molecule has 0 saturated heterocycles. The summed E-state index contributed by atoms with van der Waals surface area (Å²) >= 11 is 0. The highest BCUT2D eigenvalue weighted by Gasteiger charge is 2.20. The van der Waals surface area contributed by atoms with Crippen LogP contribution in [0.5, 0.6) is 11.5 Å². The molecule has 0 radical (unpaired) electrons. The third-order valence-corrected chi connectivity index (χ3v) is 2.86. The highest BCUT2D eigenvalue weighted by molar-refractivity contribution is 5.76. The van der Waals surface area contributed by atoms with E-state index in [1.54, 1.807) is 0 Å². The van der Waals surface area contributed by atoms with Crippen LogP contribution in [0.15, 0.2) is 18.2 Å². The zero-order valence-electron chi connectivity index (χ0n) is 12.0. The number of aliphatic carboxylic acids is 1. The summed E-state index contributed by atoms with van der Waals surface area (Å²) in [6.45, 7) is 2.34. The Hall–Kier alpha value is -2.28. The van der Waals surface area contributed by atoms with Crippen LogP contribution in [0.4, 0.5) is 0 Å². The molecule has 0 heterocycles. The number of carbonyl (C=O) groups is 2. The first kappa shape index (κ1) is 16.8. The van der Waals surface area contributed by atoms with Gasteiger partial charge in [0.1, 0.15) is 6.04 Å². The number of methoxy groups -OCH3 is 1. The lowest BCUT2D eigenvalue weighted by atomic mass is 10.1. The number of amides is 1. The maximum absolute atomic E-state index is 11.3. The maximum atomic E-state index is 11.3. The van der Waals surface area contributed by atoms with Crippen LogP contribution in [0.1, 0.15) is 24.9 Å². The number of hydrogen-bond donors (Lipinski definition) is 4. The maximum Gasteiger partial charge on any atom is 0.325 e. The first-order valence-electron chi connectivity index (χ1n) is 6.53. The molecule has 116 valence electrons. The van der Waals surface area contributed by atoms with E-state index in [2.05, 4.69) is 10.6 Å². The van der Waals surface area contributed by atoms with Crippen LogP contribution in [0.2, 0.25) is 0 Å². The molecule has 0 saturated carbocycles. The topological polar surface area (TPSA) is 108 Å². The zero-order chi connectivity index (χ0) is 15.8. The van der Waals surface area contributed by atoms with Crippen LogP contribution < -0.4 is 15.4 Å². The van der Waals surface area contributed by atoms with Crippen molar-refractivity contribution in [2.24, 2.45) is 0 Å². The predicted molar refractivity (Wildman–Crippen MR) is 76.3 cm³/mol. The Kier molecular flexibility index (Phi) is 6.48. The van der Waals surface area contributed by atoms with Crippen molar-refractivity contribution in [2.75, 3.05) is 20.2 Å². The van der Waals surface area contributed by atoms with Gasteiger partial charge in [-0.2, -0.15) is 0 Å². The van der Waals surface area contributed by atoms with Crippen LogP contribution in [0, 0.1) is 0 Å². The molecule has 0 spiro atoms. The van der Waals surface area contributed by atoms with Gasteiger partial charge in [-0.25, -0.2) is 0 Å². The predicted octanol–water partition coefficient (Wildman–Crippen LogP) is 0.642. The second kappa shape index (κ2) is 8.11. The molecule has 0 bridgehead atoms. The lowest BCUT2D eigenvalue weighted by Gasteiger charge is -2.16. The minimum absolute atomic E-state index is 0.0453. The molecule has 1 unspecified atom stereocenters. The van der Waals surface area contributed by atoms with Crippen molar-refractivity contribution in [3.05, 3.63) is 23.8 Å². The zero-order valence-corrected chi connectivity index (χ0v) is 12.0. The summed E-state index contributed by atoms with van der Waals surface area (Å²) in [5.41, 5.74) is 0.483. The molecular weight excluding hydrogens is 276 g/mol. The van der Waals surface area contributed by atoms with Crippen molar-refractivity contribution in [1.29, 1.82) is 0 Å². The number of carboxylic acid groups (broad SMARTS) is 1. The number of rotatable bonds is 8. The van der Waals surface area contributed by atoms with Crippen molar-refractivity contribution in [1.82, 2.24) is 10.6 Å². The molecule has 0 aliphatic heterocycles. The van der Waals surface area contributed by atoms with Gasteiger partial charge in [-0.15, -0.1) is 0 Å². The van der Waals surface area contributed by atoms with Gasteiger partial charge in [0.25, 0.3) is 0 Å². The first-order valence-corrected chi connectivity index (χ1v) is 6.53. The van der Waals surface area contributed by atoms with Gasteiger partial charge in [0.05, 0.1) is 7.11 Å². The number of phenolic OH excluding ortho intramolecular Hbond substituents is 1. The summed E-state index contributed by atoms with van der Waals surface area (Å²) in [5.74, 6) is -0.967. The Morgan fingerprint density at radius 2 is 2.05 bits per heavy atom. The Morgan fingerprint density at radius 1 is 1.33 bits per heavy atom. The Morgan fingerprint density at radius 3 is 2.62 bits per heavy atom. The van der Waals surface area contributed by atoms with Gasteiger partial charge in [0, 0.05) is 13.5 Å². The standard InChI is InChI=1S/C14H20N2O5/c1-9(17)15-6-3-7-16-13(14(19)20)10-4-5-11(18)12(8-10)21-2/h4-5,8,13,16,18H,3,6-7H2,1-2H3,(H,15,17)(H,19,20). The van der Waals surface area contributed by atoms with Gasteiger partial charge in [-0.1, -0.05) is 6.07 Å². The third kappa shape index (κ3) is 5.31. The summed E-state index contributed by atoms with van der Waals surface area (Å²) in [6, 6.07) is 3.49. The second-order valence-corrected chi connectivity index (χ2v) is 4.49. The number of aromatic hydroxyl groups is 1. The number of phenols is 1. The van der Waals surface area contributed by atoms with E-state index < -0.39 is 12.0 Å². The van der Waals surface area contributed by atoms with E-state index in [1.165, 1.54) is 32.2 Å². The van der Waals surface area contributed by atoms with Gasteiger partial charge in [-0.3, -0.25) is 9.59 Å². The molecule has 0 fully saturated rings. The van der Waals surface area contributed by atoms with E-state index in [4.69, 9.17) is 4.74 Å². The average molecular weight is 296 g/mol. The smallest absolute Gasteiger partial charge is 0.325 e. The first-order chi connectivity index (χ1) is 9.95. The van der Waals surface area contributed by atoms with Gasteiger partial charge in [0.15, 0.2) is 11.5 Å². The van der Waals surface area contributed by atoms with E-state index in [0.717, 1.165) is 0 Å². The number of hydrogen-bond acceptors (Lipinski definition) is 5. The van der Waals surface area contributed by atoms with Crippen LogP contribution in [-0.4, -0.2) is 42.3 Å². The molecule has 1 rings (SSSR count). The molecular formula is C14H20N2O5. The summed E-state index contributed by atoms with van der Waals surface area (Å²) in [5, 5.41) is 24.3. The monoisotopic (exact) mass is 296 g/mol. The van der Waals surface area contributed by atoms with Crippen molar-refractivity contribution in [3.8, 4) is 11.5 Å². The quantitative estimate of drug-likeness (QED) is 0.524. The summed E-state index contributed by atoms with van der Waals surface area (Å²) in [7, 11) is 1.40. The average Bonchev–Trinajstić information content (AvgIpc) is 2.43. The molecule has 1 aromatic rings. The molecule has 1 aromatic carbocycles. The lowest BCUT2D eigenvalue weighted by Crippen LogP contribution is -2.31. The molecule has 1 atom stereocenters. The Labute approximate surface area is 122 Å². The van der Waals surface area contributed by atoms with Gasteiger partial charge < -0.3 is 25.6 Å². The fourth-order valence-corrected chi connectivity index (χ4v) is 1.82. The van der Waals surface area contributed by atoms with E-state index in [0.29, 0.717) is 25.1 Å². The number of ether oxygens (including phenoxy) is 1. The third-order valence-electron chi connectivity index (χ3n) is 2.86. The number of carbonyl (C=O) groups excluding carboxylic acids is 1. The van der Waals surface area contributed by atoms with Gasteiger partial charge >= 0.3 is 5.97 Å². The summed E-state index contributed by atoms with van der Waals surface area (Å²) < 4.78 is 4.97. The fraction of sp³-hybridized carbons (Fsp3) is 0.429. The van der Waals surface area contributed by atoms with Crippen LogP contribution >= 0.6 is 0 Å². The van der Waals surface area contributed by atoms with E-state index in [9.17, 15) is 19.8 Å².